The van der Waals surface area contributed by atoms with Crippen LogP contribution in [0.1, 0.15) is 113 Å². The van der Waals surface area contributed by atoms with Gasteiger partial charge in [-0.1, -0.05) is 125 Å². The number of unbranched alkanes of at least 4 members (excludes halogenated alkanes) is 6. The highest BCUT2D eigenvalue weighted by molar-refractivity contribution is 5.69. The quantitative estimate of drug-likeness (QED) is 0.208. The van der Waals surface area contributed by atoms with E-state index in [0.717, 1.165) is 11.8 Å². The molecule has 0 spiro atoms. The van der Waals surface area contributed by atoms with Crippen LogP contribution in [0.4, 0.5) is 0 Å². The molecule has 0 unspecified atom stereocenters. The van der Waals surface area contributed by atoms with Crippen molar-refractivity contribution < 1.29 is 0 Å². The summed E-state index contributed by atoms with van der Waals surface area (Å²) < 4.78 is 0. The molecule has 3 aromatic carbocycles. The van der Waals surface area contributed by atoms with E-state index in [1.807, 2.05) is 0 Å². The molecule has 0 N–H and O–H groups in total. The van der Waals surface area contributed by atoms with E-state index in [2.05, 4.69) is 86.6 Å². The van der Waals surface area contributed by atoms with Gasteiger partial charge in [0, 0.05) is 5.41 Å². The van der Waals surface area contributed by atoms with Gasteiger partial charge in [-0.3, -0.25) is 0 Å². The van der Waals surface area contributed by atoms with Gasteiger partial charge in [0.2, 0.25) is 0 Å². The lowest BCUT2D eigenvalue weighted by Crippen LogP contribution is -2.33. The average molecular weight is 493 g/mol. The predicted molar refractivity (Wildman–Crippen MR) is 160 cm³/mol. The van der Waals surface area contributed by atoms with Crippen LogP contribution in [-0.2, 0) is 18.3 Å². The lowest BCUT2D eigenvalue weighted by molar-refractivity contribution is 0.390. The highest BCUT2D eigenvalue weighted by atomic mass is 14.6. The highest BCUT2D eigenvalue weighted by Crippen LogP contribution is 2.62. The molecule has 0 heterocycles. The molecule has 0 amide bonds. The van der Waals surface area contributed by atoms with Crippen molar-refractivity contribution in [3.63, 3.8) is 0 Å². The van der Waals surface area contributed by atoms with Crippen LogP contribution in [0.3, 0.4) is 0 Å². The summed E-state index contributed by atoms with van der Waals surface area (Å²) in [6.07, 6.45) is 18.6. The summed E-state index contributed by atoms with van der Waals surface area (Å²) in [6, 6.07) is 28.8. The van der Waals surface area contributed by atoms with Gasteiger partial charge in [-0.15, -0.1) is 0 Å². The molecule has 0 nitrogen and oxygen atoms in total. The Morgan fingerprint density at radius 2 is 1.19 bits per heavy atom. The number of hydrogen-bond acceptors (Lipinski definition) is 0. The molecule has 0 saturated heterocycles. The minimum atomic E-state index is 0.226. The molecule has 2 bridgehead atoms. The van der Waals surface area contributed by atoms with Gasteiger partial charge in [0.25, 0.3) is 0 Å². The number of fused-ring (bicyclic) bond motifs is 2. The molecule has 0 radical (unpaired) electrons. The smallest absolute Gasteiger partial charge is 0.0259 e. The molecule has 0 aliphatic heterocycles. The normalized spacial score (nSPS) is 22.5. The van der Waals surface area contributed by atoms with Gasteiger partial charge in [-0.05, 0) is 96.6 Å². The lowest BCUT2D eigenvalue weighted by Gasteiger charge is -2.36. The first-order valence-corrected chi connectivity index (χ1v) is 15.6. The molecule has 0 heteroatoms. The Kier molecular flexibility index (Phi) is 8.85. The zero-order chi connectivity index (χ0) is 25.5. The van der Waals surface area contributed by atoms with Crippen LogP contribution in [-0.4, -0.2) is 0 Å². The van der Waals surface area contributed by atoms with Crippen molar-refractivity contribution in [2.24, 2.45) is 11.8 Å². The van der Waals surface area contributed by atoms with Gasteiger partial charge in [-0.25, -0.2) is 0 Å². The second kappa shape index (κ2) is 12.5. The van der Waals surface area contributed by atoms with E-state index in [-0.39, 0.29) is 5.41 Å². The largest absolute Gasteiger partial charge is 0.0654 e. The minimum absolute atomic E-state index is 0.226. The van der Waals surface area contributed by atoms with Crippen molar-refractivity contribution in [3.8, 4) is 11.1 Å². The van der Waals surface area contributed by atoms with Crippen molar-refractivity contribution in [2.45, 2.75) is 109 Å². The fourth-order valence-corrected chi connectivity index (χ4v) is 7.85. The van der Waals surface area contributed by atoms with E-state index in [0.29, 0.717) is 0 Å². The molecular weight excluding hydrogens is 444 g/mol. The van der Waals surface area contributed by atoms with Crippen molar-refractivity contribution in [3.05, 3.63) is 95.1 Å². The van der Waals surface area contributed by atoms with E-state index < -0.39 is 0 Å². The maximum Gasteiger partial charge on any atom is 0.0259 e. The third-order valence-electron chi connectivity index (χ3n) is 9.73. The molecular formula is C37H48. The fourth-order valence-electron chi connectivity index (χ4n) is 7.85. The number of benzene rings is 3. The SMILES string of the molecule is CCCCCCc1ccc(CCCCCC)c(-c2ccc(C3(c4ccccc4)C4CCC3CC4)cc2)c1. The zero-order valence-corrected chi connectivity index (χ0v) is 23.5. The van der Waals surface area contributed by atoms with E-state index >= 15 is 0 Å². The zero-order valence-electron chi connectivity index (χ0n) is 23.5. The molecule has 37 heavy (non-hydrogen) atoms. The molecule has 0 aromatic heterocycles. The first-order valence-electron chi connectivity index (χ1n) is 15.6. The summed E-state index contributed by atoms with van der Waals surface area (Å²) >= 11 is 0. The van der Waals surface area contributed by atoms with Crippen LogP contribution < -0.4 is 0 Å². The standard InChI is InChI=1S/C37H48/c1-3-5-7-10-14-29-18-19-30(15-11-8-6-4-2)36(28-29)31-20-22-33(23-21-31)37(32-16-12-9-13-17-32)34-24-25-35(37)27-26-34/h9,12-13,16-23,28,34-35H,3-8,10-11,14-15,24-27H2,1-2H3. The fraction of sp³-hybridized carbons (Fsp3) is 0.514. The van der Waals surface area contributed by atoms with Crippen molar-refractivity contribution >= 4 is 0 Å². The summed E-state index contributed by atoms with van der Waals surface area (Å²) in [5.74, 6) is 1.60. The lowest BCUT2D eigenvalue weighted by atomic mass is 9.67. The monoisotopic (exact) mass is 492 g/mol. The van der Waals surface area contributed by atoms with Crippen LogP contribution in [0.2, 0.25) is 0 Å². The molecule has 2 aliphatic carbocycles. The second-order valence-electron chi connectivity index (χ2n) is 12.0. The molecule has 2 saturated carbocycles. The minimum Gasteiger partial charge on any atom is -0.0654 e. The Labute approximate surface area is 226 Å². The van der Waals surface area contributed by atoms with Crippen molar-refractivity contribution in [1.82, 2.24) is 0 Å². The Morgan fingerprint density at radius 1 is 0.595 bits per heavy atom. The first kappa shape index (κ1) is 26.3. The summed E-state index contributed by atoms with van der Waals surface area (Å²) in [6.45, 7) is 4.60. The average Bonchev–Trinajstić information content (AvgIpc) is 3.51. The predicted octanol–water partition coefficient (Wildman–Crippen LogP) is 10.7. The second-order valence-corrected chi connectivity index (χ2v) is 12.0. The van der Waals surface area contributed by atoms with Gasteiger partial charge < -0.3 is 0 Å². The Bertz CT molecular complexity index is 1090. The van der Waals surface area contributed by atoms with Gasteiger partial charge >= 0.3 is 0 Å². The number of rotatable bonds is 13. The van der Waals surface area contributed by atoms with E-state index in [1.54, 1.807) is 16.7 Å². The Morgan fingerprint density at radius 3 is 1.81 bits per heavy atom. The third-order valence-corrected chi connectivity index (χ3v) is 9.73. The molecule has 2 fully saturated rings. The third kappa shape index (κ3) is 5.45. The maximum absolute atomic E-state index is 2.53. The van der Waals surface area contributed by atoms with Crippen LogP contribution in [0.5, 0.6) is 0 Å². The summed E-state index contributed by atoms with van der Waals surface area (Å²) in [5, 5.41) is 0. The van der Waals surface area contributed by atoms with E-state index in [9.17, 15) is 0 Å². The van der Waals surface area contributed by atoms with Crippen molar-refractivity contribution in [2.75, 3.05) is 0 Å². The molecule has 2 aliphatic rings. The maximum atomic E-state index is 2.53. The Hall–Kier alpha value is -2.34. The molecule has 3 aromatic rings. The topological polar surface area (TPSA) is 0 Å². The summed E-state index contributed by atoms with van der Waals surface area (Å²) in [5.41, 5.74) is 9.30. The summed E-state index contributed by atoms with van der Waals surface area (Å²) in [4.78, 5) is 0. The van der Waals surface area contributed by atoms with Crippen LogP contribution in [0, 0.1) is 11.8 Å². The molecule has 0 atom stereocenters. The van der Waals surface area contributed by atoms with Crippen LogP contribution in [0.25, 0.3) is 11.1 Å². The van der Waals surface area contributed by atoms with Crippen LogP contribution in [0.15, 0.2) is 72.8 Å². The number of aryl methyl sites for hydroxylation is 2. The summed E-state index contributed by atoms with van der Waals surface area (Å²) in [7, 11) is 0. The molecule has 5 rings (SSSR count). The first-order chi connectivity index (χ1) is 18.3. The van der Waals surface area contributed by atoms with Gasteiger partial charge in [0.05, 0.1) is 0 Å². The van der Waals surface area contributed by atoms with E-state index in [1.165, 1.54) is 107 Å². The van der Waals surface area contributed by atoms with Crippen LogP contribution >= 0.6 is 0 Å². The molecule has 196 valence electrons. The Balaban J connectivity index is 1.45. The van der Waals surface area contributed by atoms with Gasteiger partial charge in [0.1, 0.15) is 0 Å². The van der Waals surface area contributed by atoms with E-state index in [4.69, 9.17) is 0 Å². The van der Waals surface area contributed by atoms with Gasteiger partial charge in [-0.2, -0.15) is 0 Å². The highest BCUT2D eigenvalue weighted by Gasteiger charge is 2.55. The number of hydrogen-bond donors (Lipinski definition) is 0. The van der Waals surface area contributed by atoms with Gasteiger partial charge in [0.15, 0.2) is 0 Å². The van der Waals surface area contributed by atoms with Crippen molar-refractivity contribution in [1.29, 1.82) is 0 Å².